The summed E-state index contributed by atoms with van der Waals surface area (Å²) in [5, 5.41) is 11.8. The van der Waals surface area contributed by atoms with E-state index < -0.39 is 17.9 Å². The second kappa shape index (κ2) is 6.22. The number of ether oxygens (including phenoxy) is 2. The van der Waals surface area contributed by atoms with Crippen molar-refractivity contribution in [2.45, 2.75) is 19.9 Å². The van der Waals surface area contributed by atoms with Crippen molar-refractivity contribution < 1.29 is 24.2 Å². The molecule has 1 aromatic rings. The van der Waals surface area contributed by atoms with Crippen LogP contribution in [0.15, 0.2) is 12.1 Å². The van der Waals surface area contributed by atoms with E-state index in [-0.39, 0.29) is 16.5 Å². The lowest BCUT2D eigenvalue weighted by Crippen LogP contribution is -2.44. The van der Waals surface area contributed by atoms with E-state index in [1.807, 2.05) is 0 Å². The van der Waals surface area contributed by atoms with Gasteiger partial charge in [0, 0.05) is 5.56 Å². The summed E-state index contributed by atoms with van der Waals surface area (Å²) >= 11 is 6.05. The third-order valence-corrected chi connectivity index (χ3v) is 3.36. The zero-order valence-corrected chi connectivity index (χ0v) is 12.4. The van der Waals surface area contributed by atoms with E-state index in [9.17, 15) is 9.59 Å². The third kappa shape index (κ3) is 3.39. The first-order chi connectivity index (χ1) is 9.90. The Morgan fingerprint density at radius 3 is 2.57 bits per heavy atom. The molecule has 1 aliphatic rings. The Morgan fingerprint density at radius 1 is 1.29 bits per heavy atom. The molecule has 0 aromatic heterocycles. The molecule has 2 N–H and O–H groups in total. The average Bonchev–Trinajstić information content (AvgIpc) is 2.43. The van der Waals surface area contributed by atoms with E-state index in [0.29, 0.717) is 24.7 Å². The lowest BCUT2D eigenvalue weighted by Gasteiger charge is -2.21. The second-order valence-electron chi connectivity index (χ2n) is 5.02. The van der Waals surface area contributed by atoms with Gasteiger partial charge in [-0.25, -0.2) is 4.79 Å². The number of carboxylic acid groups (broad SMARTS) is 1. The minimum Gasteiger partial charge on any atom is -0.486 e. The summed E-state index contributed by atoms with van der Waals surface area (Å²) in [5.41, 5.74) is 0.233. The normalized spacial score (nSPS) is 14.7. The number of aliphatic carboxylic acids is 1. The Balaban J connectivity index is 2.23. The topological polar surface area (TPSA) is 84.9 Å². The number of fused-ring (bicyclic) bond motifs is 1. The smallest absolute Gasteiger partial charge is 0.326 e. The fourth-order valence-corrected chi connectivity index (χ4v) is 2.25. The number of carboxylic acids is 1. The van der Waals surface area contributed by atoms with Crippen LogP contribution in [0.2, 0.25) is 5.02 Å². The monoisotopic (exact) mass is 313 g/mol. The SMILES string of the molecule is CC(C)[C@H](NC(=O)c1cc(Cl)c2c(c1)OCCO2)C(=O)O. The molecule has 1 atom stereocenters. The number of benzene rings is 1. The van der Waals surface area contributed by atoms with Crippen molar-refractivity contribution in [1.29, 1.82) is 0 Å². The Labute approximate surface area is 127 Å². The predicted octanol–water partition coefficient (Wildman–Crippen LogP) is 1.95. The van der Waals surface area contributed by atoms with E-state index in [1.165, 1.54) is 12.1 Å². The number of rotatable bonds is 4. The number of carbonyl (C=O) groups excluding carboxylic acids is 1. The summed E-state index contributed by atoms with van der Waals surface area (Å²) in [5.74, 6) is -1.05. The van der Waals surface area contributed by atoms with Crippen molar-refractivity contribution in [3.05, 3.63) is 22.7 Å². The summed E-state index contributed by atoms with van der Waals surface area (Å²) in [7, 11) is 0. The van der Waals surface area contributed by atoms with Crippen LogP contribution in [-0.2, 0) is 4.79 Å². The molecule has 21 heavy (non-hydrogen) atoms. The number of hydrogen-bond acceptors (Lipinski definition) is 4. The van der Waals surface area contributed by atoms with Gasteiger partial charge in [0.1, 0.15) is 19.3 Å². The van der Waals surface area contributed by atoms with Gasteiger partial charge < -0.3 is 19.9 Å². The van der Waals surface area contributed by atoms with Crippen LogP contribution in [0.25, 0.3) is 0 Å². The maximum Gasteiger partial charge on any atom is 0.326 e. The first-order valence-corrected chi connectivity index (χ1v) is 6.90. The van der Waals surface area contributed by atoms with Crippen LogP contribution in [-0.4, -0.2) is 36.2 Å². The van der Waals surface area contributed by atoms with Crippen LogP contribution in [0.1, 0.15) is 24.2 Å². The fourth-order valence-electron chi connectivity index (χ4n) is 1.98. The molecule has 0 unspecified atom stereocenters. The number of hydrogen-bond donors (Lipinski definition) is 2. The summed E-state index contributed by atoms with van der Waals surface area (Å²) in [6, 6.07) is 1.96. The average molecular weight is 314 g/mol. The molecule has 0 saturated heterocycles. The molecule has 1 heterocycles. The van der Waals surface area contributed by atoms with Gasteiger partial charge in [-0.15, -0.1) is 0 Å². The largest absolute Gasteiger partial charge is 0.486 e. The van der Waals surface area contributed by atoms with E-state index in [1.54, 1.807) is 13.8 Å². The third-order valence-electron chi connectivity index (χ3n) is 3.08. The zero-order valence-electron chi connectivity index (χ0n) is 11.7. The van der Waals surface area contributed by atoms with Gasteiger partial charge in [0.25, 0.3) is 5.91 Å². The second-order valence-corrected chi connectivity index (χ2v) is 5.42. The van der Waals surface area contributed by atoms with Gasteiger partial charge in [0.2, 0.25) is 0 Å². The van der Waals surface area contributed by atoms with Gasteiger partial charge in [-0.1, -0.05) is 25.4 Å². The van der Waals surface area contributed by atoms with Gasteiger partial charge in [-0.05, 0) is 18.1 Å². The number of amides is 1. The molecule has 0 spiro atoms. The maximum absolute atomic E-state index is 12.2. The van der Waals surface area contributed by atoms with Gasteiger partial charge in [-0.3, -0.25) is 4.79 Å². The standard InChI is InChI=1S/C14H16ClNO5/c1-7(2)11(14(18)19)16-13(17)8-5-9(15)12-10(6-8)20-3-4-21-12/h5-7,11H,3-4H2,1-2H3,(H,16,17)(H,18,19)/t11-/m0/s1. The summed E-state index contributed by atoms with van der Waals surface area (Å²) in [6.07, 6.45) is 0. The molecule has 1 aromatic carbocycles. The molecule has 0 aliphatic carbocycles. The van der Waals surface area contributed by atoms with E-state index in [4.69, 9.17) is 26.2 Å². The zero-order chi connectivity index (χ0) is 15.6. The highest BCUT2D eigenvalue weighted by Gasteiger charge is 2.25. The molecule has 6 nitrogen and oxygen atoms in total. The Kier molecular flexibility index (Phi) is 4.57. The van der Waals surface area contributed by atoms with Gasteiger partial charge >= 0.3 is 5.97 Å². The molecule has 0 saturated carbocycles. The van der Waals surface area contributed by atoms with Crippen molar-refractivity contribution >= 4 is 23.5 Å². The highest BCUT2D eigenvalue weighted by Crippen LogP contribution is 2.38. The molecular formula is C14H16ClNO5. The van der Waals surface area contributed by atoms with Crippen molar-refractivity contribution in [3.8, 4) is 11.5 Å². The van der Waals surface area contributed by atoms with E-state index in [2.05, 4.69) is 5.32 Å². The van der Waals surface area contributed by atoms with Crippen LogP contribution < -0.4 is 14.8 Å². The van der Waals surface area contributed by atoms with Crippen LogP contribution in [0.3, 0.4) is 0 Å². The van der Waals surface area contributed by atoms with Crippen LogP contribution in [0, 0.1) is 5.92 Å². The summed E-state index contributed by atoms with van der Waals surface area (Å²) < 4.78 is 10.8. The molecule has 1 amide bonds. The molecule has 2 rings (SSSR count). The van der Waals surface area contributed by atoms with Gasteiger partial charge in [-0.2, -0.15) is 0 Å². The van der Waals surface area contributed by atoms with Crippen molar-refractivity contribution in [2.24, 2.45) is 5.92 Å². The van der Waals surface area contributed by atoms with Crippen molar-refractivity contribution in [1.82, 2.24) is 5.32 Å². The molecule has 0 fully saturated rings. The molecule has 0 bridgehead atoms. The van der Waals surface area contributed by atoms with E-state index >= 15 is 0 Å². The molecule has 7 heteroatoms. The molecule has 0 radical (unpaired) electrons. The lowest BCUT2D eigenvalue weighted by atomic mass is 10.0. The Morgan fingerprint density at radius 2 is 1.95 bits per heavy atom. The predicted molar refractivity (Wildman–Crippen MR) is 76.2 cm³/mol. The minimum atomic E-state index is -1.08. The quantitative estimate of drug-likeness (QED) is 0.887. The minimum absolute atomic E-state index is 0.233. The lowest BCUT2D eigenvalue weighted by molar-refractivity contribution is -0.140. The van der Waals surface area contributed by atoms with Crippen LogP contribution in [0.4, 0.5) is 0 Å². The first kappa shape index (κ1) is 15.4. The number of carbonyl (C=O) groups is 2. The highest BCUT2D eigenvalue weighted by molar-refractivity contribution is 6.32. The van der Waals surface area contributed by atoms with Crippen LogP contribution in [0.5, 0.6) is 11.5 Å². The van der Waals surface area contributed by atoms with Crippen molar-refractivity contribution in [3.63, 3.8) is 0 Å². The van der Waals surface area contributed by atoms with Gasteiger partial charge in [0.15, 0.2) is 11.5 Å². The Hall–Kier alpha value is -1.95. The fraction of sp³-hybridized carbons (Fsp3) is 0.429. The molecular weight excluding hydrogens is 298 g/mol. The van der Waals surface area contributed by atoms with Crippen molar-refractivity contribution in [2.75, 3.05) is 13.2 Å². The maximum atomic E-state index is 12.2. The summed E-state index contributed by atoms with van der Waals surface area (Å²) in [6.45, 7) is 4.20. The number of nitrogens with one attached hydrogen (secondary N) is 1. The van der Waals surface area contributed by atoms with Gasteiger partial charge in [0.05, 0.1) is 5.02 Å². The molecule has 114 valence electrons. The first-order valence-electron chi connectivity index (χ1n) is 6.53. The van der Waals surface area contributed by atoms with Crippen LogP contribution >= 0.6 is 11.6 Å². The number of halogens is 1. The highest BCUT2D eigenvalue weighted by atomic mass is 35.5. The summed E-state index contributed by atoms with van der Waals surface area (Å²) in [4.78, 5) is 23.3. The Bertz CT molecular complexity index is 573. The van der Waals surface area contributed by atoms with E-state index in [0.717, 1.165) is 0 Å². The molecule has 1 aliphatic heterocycles.